The molecule has 1 atom stereocenters. The van der Waals surface area contributed by atoms with Crippen LogP contribution in [0.1, 0.15) is 50.4 Å². The third-order valence-electron chi connectivity index (χ3n) is 2.99. The number of hydrogen-bond acceptors (Lipinski definition) is 4. The van der Waals surface area contributed by atoms with Crippen molar-refractivity contribution in [1.29, 1.82) is 0 Å². The van der Waals surface area contributed by atoms with Crippen LogP contribution in [0.5, 0.6) is 0 Å². The highest BCUT2D eigenvalue weighted by Crippen LogP contribution is 2.12. The fourth-order valence-corrected chi connectivity index (χ4v) is 1.91. The number of nitrogens with one attached hydrogen (secondary N) is 2. The molecule has 0 fully saturated rings. The number of aromatic nitrogens is 1. The molecule has 0 aromatic carbocycles. The molecule has 1 aromatic rings. The molecule has 1 heterocycles. The van der Waals surface area contributed by atoms with Crippen molar-refractivity contribution in [3.8, 4) is 0 Å². The Morgan fingerprint density at radius 1 is 1.37 bits per heavy atom. The van der Waals surface area contributed by atoms with Gasteiger partial charge in [0.1, 0.15) is 0 Å². The van der Waals surface area contributed by atoms with Crippen LogP contribution in [0.15, 0.2) is 18.3 Å². The Labute approximate surface area is 115 Å². The van der Waals surface area contributed by atoms with E-state index in [0.717, 1.165) is 12.8 Å². The third kappa shape index (κ3) is 5.26. The number of anilines is 1. The first kappa shape index (κ1) is 15.4. The summed E-state index contributed by atoms with van der Waals surface area (Å²) in [6, 6.07) is 3.58. The first-order valence-corrected chi connectivity index (χ1v) is 6.77. The number of amides is 1. The summed E-state index contributed by atoms with van der Waals surface area (Å²) in [7, 11) is 0. The van der Waals surface area contributed by atoms with E-state index in [1.54, 1.807) is 18.3 Å². The summed E-state index contributed by atoms with van der Waals surface area (Å²) in [5.41, 5.74) is 2.91. The molecule has 4 N–H and O–H groups in total. The van der Waals surface area contributed by atoms with Crippen LogP contribution < -0.4 is 16.6 Å². The topological polar surface area (TPSA) is 80.0 Å². The van der Waals surface area contributed by atoms with Gasteiger partial charge in [-0.2, -0.15) is 0 Å². The average Bonchev–Trinajstić information content (AvgIpc) is 2.38. The molecule has 0 aliphatic rings. The Kier molecular flexibility index (Phi) is 6.29. The number of pyridine rings is 1. The van der Waals surface area contributed by atoms with E-state index >= 15 is 0 Å². The molecule has 106 valence electrons. The van der Waals surface area contributed by atoms with Crippen molar-refractivity contribution < 1.29 is 4.79 Å². The molecule has 0 radical (unpaired) electrons. The van der Waals surface area contributed by atoms with Crippen molar-refractivity contribution in [2.45, 2.75) is 46.1 Å². The fraction of sp³-hybridized carbons (Fsp3) is 0.571. The summed E-state index contributed by atoms with van der Waals surface area (Å²) < 4.78 is 0. The Morgan fingerprint density at radius 3 is 2.74 bits per heavy atom. The number of hydrazine groups is 1. The molecule has 1 unspecified atom stereocenters. The number of hydrogen-bond donors (Lipinski definition) is 3. The fourth-order valence-electron chi connectivity index (χ4n) is 1.91. The van der Waals surface area contributed by atoms with E-state index in [4.69, 9.17) is 5.84 Å². The zero-order valence-corrected chi connectivity index (χ0v) is 11.9. The molecule has 5 nitrogen and oxygen atoms in total. The summed E-state index contributed by atoms with van der Waals surface area (Å²) in [4.78, 5) is 16.1. The Hall–Kier alpha value is -1.62. The highest BCUT2D eigenvalue weighted by atomic mass is 16.1. The van der Waals surface area contributed by atoms with E-state index in [1.807, 2.05) is 6.92 Å². The molecule has 1 amide bonds. The number of nitrogens with two attached hydrogens (primary N) is 1. The average molecular weight is 264 g/mol. The van der Waals surface area contributed by atoms with Gasteiger partial charge in [-0.15, -0.1) is 0 Å². The SMILES string of the molecule is CC(C)CCCC(C)NC(=O)c1cccnc1NN. The largest absolute Gasteiger partial charge is 0.349 e. The highest BCUT2D eigenvalue weighted by Gasteiger charge is 2.13. The Morgan fingerprint density at radius 2 is 2.11 bits per heavy atom. The lowest BCUT2D eigenvalue weighted by molar-refractivity contribution is 0.0938. The molecule has 0 spiro atoms. The van der Waals surface area contributed by atoms with Crippen LogP contribution in [-0.2, 0) is 0 Å². The lowest BCUT2D eigenvalue weighted by atomic mass is 10.0. The van der Waals surface area contributed by atoms with Gasteiger partial charge in [-0.05, 0) is 31.4 Å². The molecule has 19 heavy (non-hydrogen) atoms. The lowest BCUT2D eigenvalue weighted by Crippen LogP contribution is -2.33. The minimum Gasteiger partial charge on any atom is -0.349 e. The molecule has 0 saturated heterocycles. The van der Waals surface area contributed by atoms with Gasteiger partial charge in [-0.25, -0.2) is 10.8 Å². The van der Waals surface area contributed by atoms with Gasteiger partial charge in [-0.3, -0.25) is 4.79 Å². The molecular weight excluding hydrogens is 240 g/mol. The number of carbonyl (C=O) groups excluding carboxylic acids is 1. The van der Waals surface area contributed by atoms with Crippen molar-refractivity contribution >= 4 is 11.7 Å². The van der Waals surface area contributed by atoms with Crippen molar-refractivity contribution in [1.82, 2.24) is 10.3 Å². The summed E-state index contributed by atoms with van der Waals surface area (Å²) >= 11 is 0. The van der Waals surface area contributed by atoms with Gasteiger partial charge in [0, 0.05) is 12.2 Å². The minimum absolute atomic E-state index is 0.141. The Balaban J connectivity index is 2.50. The summed E-state index contributed by atoms with van der Waals surface area (Å²) in [6.45, 7) is 6.43. The van der Waals surface area contributed by atoms with Crippen LogP contribution in [0.2, 0.25) is 0 Å². The van der Waals surface area contributed by atoms with Crippen LogP contribution in [0.3, 0.4) is 0 Å². The van der Waals surface area contributed by atoms with Gasteiger partial charge in [0.25, 0.3) is 5.91 Å². The second-order valence-electron chi connectivity index (χ2n) is 5.24. The molecule has 1 rings (SSSR count). The first-order chi connectivity index (χ1) is 9.04. The molecule has 0 saturated carbocycles. The van der Waals surface area contributed by atoms with Crippen molar-refractivity contribution in [2.75, 3.05) is 5.43 Å². The zero-order valence-electron chi connectivity index (χ0n) is 11.9. The van der Waals surface area contributed by atoms with Crippen LogP contribution in [0.25, 0.3) is 0 Å². The van der Waals surface area contributed by atoms with Crippen molar-refractivity contribution in [2.24, 2.45) is 11.8 Å². The van der Waals surface area contributed by atoms with Crippen LogP contribution >= 0.6 is 0 Å². The number of nitrogens with zero attached hydrogens (tertiary/aromatic N) is 1. The second-order valence-corrected chi connectivity index (χ2v) is 5.24. The molecule has 0 bridgehead atoms. The maximum absolute atomic E-state index is 12.1. The van der Waals surface area contributed by atoms with Gasteiger partial charge in [-0.1, -0.05) is 26.7 Å². The number of nitrogen functional groups attached to an aromatic ring is 1. The maximum Gasteiger partial charge on any atom is 0.255 e. The second kappa shape index (κ2) is 7.74. The predicted molar refractivity (Wildman–Crippen MR) is 77.7 cm³/mol. The highest BCUT2D eigenvalue weighted by molar-refractivity contribution is 5.98. The quantitative estimate of drug-likeness (QED) is 0.521. The lowest BCUT2D eigenvalue weighted by Gasteiger charge is -2.15. The zero-order chi connectivity index (χ0) is 14.3. The van der Waals surface area contributed by atoms with Gasteiger partial charge >= 0.3 is 0 Å². The van der Waals surface area contributed by atoms with E-state index in [9.17, 15) is 4.79 Å². The molecule has 0 aliphatic heterocycles. The van der Waals surface area contributed by atoms with E-state index in [1.165, 1.54) is 6.42 Å². The smallest absolute Gasteiger partial charge is 0.255 e. The third-order valence-corrected chi connectivity index (χ3v) is 2.99. The monoisotopic (exact) mass is 264 g/mol. The van der Waals surface area contributed by atoms with Crippen LogP contribution in [0.4, 0.5) is 5.82 Å². The van der Waals surface area contributed by atoms with Gasteiger partial charge in [0.05, 0.1) is 5.56 Å². The normalized spacial score (nSPS) is 12.3. The molecule has 5 heteroatoms. The van der Waals surface area contributed by atoms with E-state index in [-0.39, 0.29) is 11.9 Å². The molecule has 0 aliphatic carbocycles. The number of carbonyl (C=O) groups is 1. The van der Waals surface area contributed by atoms with Crippen LogP contribution in [-0.4, -0.2) is 16.9 Å². The van der Waals surface area contributed by atoms with Crippen molar-refractivity contribution in [3.63, 3.8) is 0 Å². The minimum atomic E-state index is -0.141. The van der Waals surface area contributed by atoms with Gasteiger partial charge < -0.3 is 10.7 Å². The molecular formula is C14H24N4O. The van der Waals surface area contributed by atoms with Crippen LogP contribution in [0, 0.1) is 5.92 Å². The standard InChI is InChI=1S/C14H24N4O/c1-10(2)6-4-7-11(3)17-14(19)12-8-5-9-16-13(12)18-15/h5,8-11H,4,6-7,15H2,1-3H3,(H,16,18)(H,17,19). The van der Waals surface area contributed by atoms with E-state index < -0.39 is 0 Å². The predicted octanol–water partition coefficient (Wildman–Crippen LogP) is 2.31. The maximum atomic E-state index is 12.1. The van der Waals surface area contributed by atoms with Crippen molar-refractivity contribution in [3.05, 3.63) is 23.9 Å². The summed E-state index contributed by atoms with van der Waals surface area (Å²) in [5.74, 6) is 6.30. The van der Waals surface area contributed by atoms with E-state index in [2.05, 4.69) is 29.6 Å². The van der Waals surface area contributed by atoms with Gasteiger partial charge in [0.2, 0.25) is 0 Å². The summed E-state index contributed by atoms with van der Waals surface area (Å²) in [5, 5.41) is 2.97. The number of rotatable bonds is 7. The Bertz CT molecular complexity index is 406. The van der Waals surface area contributed by atoms with E-state index in [0.29, 0.717) is 17.3 Å². The first-order valence-electron chi connectivity index (χ1n) is 6.77. The van der Waals surface area contributed by atoms with Gasteiger partial charge in [0.15, 0.2) is 5.82 Å². The molecule has 1 aromatic heterocycles. The summed E-state index contributed by atoms with van der Waals surface area (Å²) in [6.07, 6.45) is 4.88.